The van der Waals surface area contributed by atoms with E-state index in [2.05, 4.69) is 4.98 Å². The third kappa shape index (κ3) is 3.94. The normalized spacial score (nSPS) is 36.4. The van der Waals surface area contributed by atoms with Crippen LogP contribution in [0.4, 0.5) is 0 Å². The van der Waals surface area contributed by atoms with Crippen molar-refractivity contribution in [1.29, 1.82) is 0 Å². The van der Waals surface area contributed by atoms with Gasteiger partial charge in [-0.05, 0) is 45.4 Å². The van der Waals surface area contributed by atoms with Gasteiger partial charge in [0.25, 0.3) is 5.56 Å². The summed E-state index contributed by atoms with van der Waals surface area (Å²) in [6.45, 7) is 3.50. The molecule has 5 rings (SSSR count). The van der Waals surface area contributed by atoms with E-state index in [-0.39, 0.29) is 36.4 Å². The number of aryl methyl sites for hydroxylation is 1. The number of rotatable bonds is 5. The smallest absolute Gasteiger partial charge is 0.302 e. The van der Waals surface area contributed by atoms with Crippen LogP contribution in [0.5, 0.6) is 6.01 Å². The lowest BCUT2D eigenvalue weighted by Gasteiger charge is -2.30. The van der Waals surface area contributed by atoms with Crippen molar-refractivity contribution < 1.29 is 28.4 Å². The molecule has 160 valence electrons. The van der Waals surface area contributed by atoms with Crippen LogP contribution in [-0.4, -0.2) is 60.3 Å². The number of aromatic nitrogens is 2. The van der Waals surface area contributed by atoms with Crippen LogP contribution in [0.1, 0.15) is 50.3 Å². The highest BCUT2D eigenvalue weighted by atomic mass is 16.7. The van der Waals surface area contributed by atoms with E-state index in [4.69, 9.17) is 28.4 Å². The van der Waals surface area contributed by atoms with E-state index in [1.807, 2.05) is 0 Å². The molecule has 1 aromatic heterocycles. The Labute approximate surface area is 169 Å². The van der Waals surface area contributed by atoms with Gasteiger partial charge in [-0.2, -0.15) is 4.98 Å². The summed E-state index contributed by atoms with van der Waals surface area (Å²) in [6.07, 6.45) is 5.74. The van der Waals surface area contributed by atoms with Crippen molar-refractivity contribution in [2.24, 2.45) is 0 Å². The predicted octanol–water partition coefficient (Wildman–Crippen LogP) is 1.67. The SMILES string of the molecule is Cc1cn2c(nc1=O)O[C@H]1[C@H](OC3CCCCO3)[C@@H](COC3CCCCO3)O[C@H]12. The van der Waals surface area contributed by atoms with Gasteiger partial charge in [0.2, 0.25) is 0 Å². The lowest BCUT2D eigenvalue weighted by molar-refractivity contribution is -0.223. The fraction of sp³-hybridized carbons (Fsp3) is 0.800. The molecule has 0 saturated carbocycles. The molecule has 0 amide bonds. The summed E-state index contributed by atoms with van der Waals surface area (Å²) in [5.74, 6) is 0. The quantitative estimate of drug-likeness (QED) is 0.727. The third-order valence-corrected chi connectivity index (χ3v) is 5.92. The zero-order chi connectivity index (χ0) is 19.8. The maximum Gasteiger partial charge on any atom is 0.302 e. The fourth-order valence-electron chi connectivity index (χ4n) is 4.34. The van der Waals surface area contributed by atoms with Crippen LogP contribution in [0.3, 0.4) is 0 Å². The molecule has 29 heavy (non-hydrogen) atoms. The summed E-state index contributed by atoms with van der Waals surface area (Å²) < 4.78 is 37.8. The summed E-state index contributed by atoms with van der Waals surface area (Å²) in [7, 11) is 0. The number of nitrogens with zero attached hydrogens (tertiary/aromatic N) is 2. The molecule has 3 fully saturated rings. The van der Waals surface area contributed by atoms with Gasteiger partial charge in [0.1, 0.15) is 12.2 Å². The zero-order valence-corrected chi connectivity index (χ0v) is 16.7. The van der Waals surface area contributed by atoms with E-state index >= 15 is 0 Å². The lowest BCUT2D eigenvalue weighted by atomic mass is 10.1. The molecular weight excluding hydrogens is 380 g/mol. The van der Waals surface area contributed by atoms with Gasteiger partial charge in [-0.15, -0.1) is 0 Å². The molecule has 5 heterocycles. The molecule has 9 nitrogen and oxygen atoms in total. The topological polar surface area (TPSA) is 90.3 Å². The number of hydrogen-bond donors (Lipinski definition) is 0. The second-order valence-corrected chi connectivity index (χ2v) is 8.09. The van der Waals surface area contributed by atoms with Gasteiger partial charge in [0.15, 0.2) is 24.9 Å². The Morgan fingerprint density at radius 1 is 1.14 bits per heavy atom. The van der Waals surface area contributed by atoms with Gasteiger partial charge in [-0.25, -0.2) is 0 Å². The molecule has 3 saturated heterocycles. The van der Waals surface area contributed by atoms with Gasteiger partial charge >= 0.3 is 6.01 Å². The van der Waals surface area contributed by atoms with Gasteiger partial charge in [-0.3, -0.25) is 9.36 Å². The molecule has 0 aromatic carbocycles. The minimum absolute atomic E-state index is 0.202. The Bertz CT molecular complexity index is 773. The summed E-state index contributed by atoms with van der Waals surface area (Å²) in [4.78, 5) is 15.9. The zero-order valence-electron chi connectivity index (χ0n) is 16.7. The molecule has 6 atom stereocenters. The summed E-state index contributed by atoms with van der Waals surface area (Å²) in [5.41, 5.74) is 0.253. The van der Waals surface area contributed by atoms with Crippen LogP contribution >= 0.6 is 0 Å². The maximum absolute atomic E-state index is 11.9. The summed E-state index contributed by atoms with van der Waals surface area (Å²) >= 11 is 0. The van der Waals surface area contributed by atoms with Crippen LogP contribution < -0.4 is 10.3 Å². The molecule has 2 unspecified atom stereocenters. The van der Waals surface area contributed by atoms with E-state index in [0.29, 0.717) is 18.8 Å². The molecule has 4 aliphatic heterocycles. The average Bonchev–Trinajstić information content (AvgIpc) is 3.25. The van der Waals surface area contributed by atoms with E-state index < -0.39 is 12.3 Å². The van der Waals surface area contributed by atoms with E-state index in [1.54, 1.807) is 17.7 Å². The standard InChI is InChI=1S/C20H28N2O7/c1-12-10-22-19-17(29-20(22)21-18(12)23)16(28-15-7-3-5-9-25-15)13(27-19)11-26-14-6-2-4-8-24-14/h10,13-17,19H,2-9,11H2,1H3/t13-,14?,15?,16-,17+,19-/m1/s1. The Kier molecular flexibility index (Phi) is 5.57. The van der Waals surface area contributed by atoms with Crippen LogP contribution in [0.15, 0.2) is 11.0 Å². The first-order valence-electron chi connectivity index (χ1n) is 10.6. The van der Waals surface area contributed by atoms with Crippen LogP contribution in [0.2, 0.25) is 0 Å². The summed E-state index contributed by atoms with van der Waals surface area (Å²) in [5, 5.41) is 0. The minimum atomic E-state index is -0.411. The maximum atomic E-state index is 11.9. The molecule has 9 heteroatoms. The monoisotopic (exact) mass is 408 g/mol. The molecule has 0 radical (unpaired) electrons. The van der Waals surface area contributed by atoms with E-state index in [1.165, 1.54) is 0 Å². The van der Waals surface area contributed by atoms with Crippen molar-refractivity contribution >= 4 is 0 Å². The highest BCUT2D eigenvalue weighted by Crippen LogP contribution is 2.41. The van der Waals surface area contributed by atoms with E-state index in [9.17, 15) is 4.79 Å². The second-order valence-electron chi connectivity index (χ2n) is 8.09. The Balaban J connectivity index is 1.33. The number of hydrogen-bond acceptors (Lipinski definition) is 8. The van der Waals surface area contributed by atoms with Crippen LogP contribution in [0, 0.1) is 6.92 Å². The second kappa shape index (κ2) is 8.31. The van der Waals surface area contributed by atoms with Crippen molar-refractivity contribution in [2.45, 2.75) is 82.6 Å². The average molecular weight is 408 g/mol. The van der Waals surface area contributed by atoms with Crippen molar-refractivity contribution in [3.63, 3.8) is 0 Å². The summed E-state index contributed by atoms with van der Waals surface area (Å²) in [6, 6.07) is 0.267. The molecule has 0 spiro atoms. The van der Waals surface area contributed by atoms with Gasteiger partial charge in [0.05, 0.1) is 6.61 Å². The fourth-order valence-corrected chi connectivity index (χ4v) is 4.34. The Hall–Kier alpha value is -1.52. The highest BCUT2D eigenvalue weighted by molar-refractivity contribution is 5.15. The number of ether oxygens (including phenoxy) is 6. The van der Waals surface area contributed by atoms with Crippen molar-refractivity contribution in [3.8, 4) is 6.01 Å². The first kappa shape index (κ1) is 19.4. The lowest BCUT2D eigenvalue weighted by Crippen LogP contribution is -2.43. The minimum Gasteiger partial charge on any atom is -0.453 e. The van der Waals surface area contributed by atoms with Crippen molar-refractivity contribution in [2.75, 3.05) is 19.8 Å². The van der Waals surface area contributed by atoms with Crippen molar-refractivity contribution in [1.82, 2.24) is 9.55 Å². The molecule has 4 aliphatic rings. The van der Waals surface area contributed by atoms with Crippen LogP contribution in [0.25, 0.3) is 0 Å². The Morgan fingerprint density at radius 2 is 1.90 bits per heavy atom. The third-order valence-electron chi connectivity index (χ3n) is 5.92. The first-order valence-corrected chi connectivity index (χ1v) is 10.6. The molecule has 1 aromatic rings. The first-order chi connectivity index (χ1) is 14.2. The van der Waals surface area contributed by atoms with Crippen LogP contribution in [-0.2, 0) is 23.7 Å². The molecular formula is C20H28N2O7. The highest BCUT2D eigenvalue weighted by Gasteiger charge is 2.53. The van der Waals surface area contributed by atoms with Gasteiger partial charge in [0, 0.05) is 25.0 Å². The molecule has 0 N–H and O–H groups in total. The van der Waals surface area contributed by atoms with Crippen molar-refractivity contribution in [3.05, 3.63) is 22.1 Å². The van der Waals surface area contributed by atoms with Gasteiger partial charge in [-0.1, -0.05) is 0 Å². The molecule has 0 aliphatic carbocycles. The van der Waals surface area contributed by atoms with Gasteiger partial charge < -0.3 is 28.4 Å². The Morgan fingerprint density at radius 3 is 2.62 bits per heavy atom. The predicted molar refractivity (Wildman–Crippen MR) is 99.6 cm³/mol. The largest absolute Gasteiger partial charge is 0.453 e. The van der Waals surface area contributed by atoms with E-state index in [0.717, 1.165) is 45.1 Å². The number of fused-ring (bicyclic) bond motifs is 3. The molecule has 0 bridgehead atoms.